The molecule has 5 heteroatoms. The molecule has 0 aliphatic carbocycles. The van der Waals surface area contributed by atoms with Crippen molar-refractivity contribution < 1.29 is 0 Å². The van der Waals surface area contributed by atoms with Gasteiger partial charge in [0.05, 0.1) is 0 Å². The largest absolute Gasteiger partial charge is 0.356 e. The number of rotatable bonds is 5. The van der Waals surface area contributed by atoms with Gasteiger partial charge in [0.25, 0.3) is 0 Å². The second-order valence-corrected chi connectivity index (χ2v) is 6.46. The predicted octanol–water partition coefficient (Wildman–Crippen LogP) is 2.55. The van der Waals surface area contributed by atoms with Gasteiger partial charge in [-0.3, -0.25) is 0 Å². The standard InChI is InChI=1S/C11H19N3S2/c1-2-3-12-11-13-4-5-14(11)8-10-9-15-6-7-16-10/h4-5,10H,2-3,6-9H2,1H3,(H,12,13). The number of hydrogen-bond acceptors (Lipinski definition) is 4. The monoisotopic (exact) mass is 257 g/mol. The van der Waals surface area contributed by atoms with Gasteiger partial charge in [0, 0.05) is 48.0 Å². The smallest absolute Gasteiger partial charge is 0.202 e. The summed E-state index contributed by atoms with van der Waals surface area (Å²) in [5.41, 5.74) is 0. The van der Waals surface area contributed by atoms with E-state index in [1.807, 2.05) is 6.20 Å². The van der Waals surface area contributed by atoms with Gasteiger partial charge in [-0.05, 0) is 6.42 Å². The predicted molar refractivity (Wildman–Crippen MR) is 74.6 cm³/mol. The van der Waals surface area contributed by atoms with E-state index in [4.69, 9.17) is 0 Å². The first-order valence-corrected chi connectivity index (χ1v) is 8.05. The third kappa shape index (κ3) is 3.35. The van der Waals surface area contributed by atoms with Crippen LogP contribution in [-0.2, 0) is 6.54 Å². The summed E-state index contributed by atoms with van der Waals surface area (Å²) in [6.45, 7) is 4.27. The van der Waals surface area contributed by atoms with Crippen LogP contribution in [0.15, 0.2) is 12.4 Å². The van der Waals surface area contributed by atoms with Gasteiger partial charge in [0.15, 0.2) is 0 Å². The molecule has 1 fully saturated rings. The van der Waals surface area contributed by atoms with E-state index in [2.05, 4.69) is 51.5 Å². The Kier molecular flexibility index (Phi) is 4.91. The van der Waals surface area contributed by atoms with Crippen molar-refractivity contribution in [1.29, 1.82) is 0 Å². The average Bonchev–Trinajstić information content (AvgIpc) is 2.75. The Morgan fingerprint density at radius 1 is 1.56 bits per heavy atom. The second kappa shape index (κ2) is 6.45. The minimum absolute atomic E-state index is 0.745. The Morgan fingerprint density at radius 2 is 2.50 bits per heavy atom. The fraction of sp³-hybridized carbons (Fsp3) is 0.727. The number of nitrogens with one attached hydrogen (secondary N) is 1. The average molecular weight is 257 g/mol. The van der Waals surface area contributed by atoms with Crippen LogP contribution >= 0.6 is 23.5 Å². The molecule has 0 radical (unpaired) electrons. The Balaban J connectivity index is 1.89. The fourth-order valence-electron chi connectivity index (χ4n) is 1.72. The van der Waals surface area contributed by atoms with Crippen molar-refractivity contribution >= 4 is 29.5 Å². The van der Waals surface area contributed by atoms with E-state index in [1.165, 1.54) is 17.3 Å². The van der Waals surface area contributed by atoms with E-state index in [0.717, 1.165) is 30.7 Å². The lowest BCUT2D eigenvalue weighted by Gasteiger charge is -2.22. The van der Waals surface area contributed by atoms with E-state index in [1.54, 1.807) is 0 Å². The van der Waals surface area contributed by atoms with Crippen molar-refractivity contribution in [3.8, 4) is 0 Å². The molecule has 1 unspecified atom stereocenters. The fourth-order valence-corrected chi connectivity index (χ4v) is 4.39. The minimum Gasteiger partial charge on any atom is -0.356 e. The summed E-state index contributed by atoms with van der Waals surface area (Å²) in [4.78, 5) is 4.35. The number of imidazole rings is 1. The van der Waals surface area contributed by atoms with Crippen LogP contribution in [0.2, 0.25) is 0 Å². The highest BCUT2D eigenvalue weighted by Gasteiger charge is 2.15. The number of thioether (sulfide) groups is 2. The lowest BCUT2D eigenvalue weighted by Crippen LogP contribution is -2.21. The topological polar surface area (TPSA) is 29.9 Å². The van der Waals surface area contributed by atoms with Crippen LogP contribution in [0.4, 0.5) is 5.95 Å². The van der Waals surface area contributed by atoms with Crippen LogP contribution < -0.4 is 5.32 Å². The van der Waals surface area contributed by atoms with Crippen LogP contribution in [0.3, 0.4) is 0 Å². The summed E-state index contributed by atoms with van der Waals surface area (Å²) in [5.74, 6) is 4.90. The van der Waals surface area contributed by atoms with Gasteiger partial charge in [-0.2, -0.15) is 23.5 Å². The Bertz CT molecular complexity index is 308. The summed E-state index contributed by atoms with van der Waals surface area (Å²) in [6.07, 6.45) is 5.11. The quantitative estimate of drug-likeness (QED) is 0.878. The maximum Gasteiger partial charge on any atom is 0.202 e. The molecule has 0 aromatic carbocycles. The van der Waals surface area contributed by atoms with Crippen LogP contribution in [-0.4, -0.2) is 38.6 Å². The first kappa shape index (κ1) is 12.2. The molecule has 1 saturated heterocycles. The van der Waals surface area contributed by atoms with Crippen LogP contribution in [0.5, 0.6) is 0 Å². The van der Waals surface area contributed by atoms with E-state index >= 15 is 0 Å². The highest BCUT2D eigenvalue weighted by molar-refractivity contribution is 8.06. The lowest BCUT2D eigenvalue weighted by molar-refractivity contribution is 0.697. The van der Waals surface area contributed by atoms with E-state index in [9.17, 15) is 0 Å². The van der Waals surface area contributed by atoms with Gasteiger partial charge in [-0.1, -0.05) is 6.92 Å². The molecule has 0 spiro atoms. The molecule has 16 heavy (non-hydrogen) atoms. The summed E-state index contributed by atoms with van der Waals surface area (Å²) in [7, 11) is 0. The zero-order valence-electron chi connectivity index (χ0n) is 9.69. The number of aromatic nitrogens is 2. The van der Waals surface area contributed by atoms with Crippen LogP contribution in [0.25, 0.3) is 0 Å². The molecular weight excluding hydrogens is 238 g/mol. The Hall–Kier alpha value is -0.290. The summed E-state index contributed by atoms with van der Waals surface area (Å²) >= 11 is 4.17. The third-order valence-electron chi connectivity index (χ3n) is 2.53. The van der Waals surface area contributed by atoms with Gasteiger partial charge in [-0.25, -0.2) is 4.98 Å². The lowest BCUT2D eigenvalue weighted by atomic mass is 10.4. The molecule has 90 valence electrons. The molecule has 3 nitrogen and oxygen atoms in total. The van der Waals surface area contributed by atoms with E-state index < -0.39 is 0 Å². The molecular formula is C11H19N3S2. The number of anilines is 1. The molecule has 0 saturated carbocycles. The molecule has 0 amide bonds. The zero-order valence-corrected chi connectivity index (χ0v) is 11.3. The number of nitrogens with zero attached hydrogens (tertiary/aromatic N) is 2. The summed E-state index contributed by atoms with van der Waals surface area (Å²) in [6, 6.07) is 0. The van der Waals surface area contributed by atoms with Gasteiger partial charge < -0.3 is 9.88 Å². The molecule has 1 aromatic rings. The summed E-state index contributed by atoms with van der Waals surface area (Å²) < 4.78 is 2.25. The van der Waals surface area contributed by atoms with E-state index in [0.29, 0.717) is 0 Å². The Labute approximate surface area is 106 Å². The van der Waals surface area contributed by atoms with Crippen molar-refractivity contribution in [2.24, 2.45) is 0 Å². The maximum absolute atomic E-state index is 4.35. The minimum atomic E-state index is 0.745. The zero-order chi connectivity index (χ0) is 11.2. The second-order valence-electron chi connectivity index (χ2n) is 3.90. The molecule has 2 heterocycles. The summed E-state index contributed by atoms with van der Waals surface area (Å²) in [5, 5.41) is 4.11. The molecule has 1 N–H and O–H groups in total. The van der Waals surface area contributed by atoms with Crippen molar-refractivity contribution in [3.63, 3.8) is 0 Å². The highest BCUT2D eigenvalue weighted by atomic mass is 32.2. The SMILES string of the molecule is CCCNc1nccn1CC1CSCCS1. The molecule has 0 bridgehead atoms. The molecule has 1 aliphatic heterocycles. The molecule has 1 aromatic heterocycles. The van der Waals surface area contributed by atoms with Gasteiger partial charge in [-0.15, -0.1) is 0 Å². The van der Waals surface area contributed by atoms with E-state index in [-0.39, 0.29) is 0 Å². The van der Waals surface area contributed by atoms with Gasteiger partial charge in [0.2, 0.25) is 5.95 Å². The van der Waals surface area contributed by atoms with Crippen molar-refractivity contribution in [1.82, 2.24) is 9.55 Å². The molecule has 2 rings (SSSR count). The Morgan fingerprint density at radius 3 is 3.25 bits per heavy atom. The number of hydrogen-bond donors (Lipinski definition) is 1. The van der Waals surface area contributed by atoms with Crippen molar-refractivity contribution in [3.05, 3.63) is 12.4 Å². The molecule has 1 atom stereocenters. The normalized spacial score (nSPS) is 20.9. The first-order valence-electron chi connectivity index (χ1n) is 5.84. The highest BCUT2D eigenvalue weighted by Crippen LogP contribution is 2.25. The maximum atomic E-state index is 4.35. The van der Waals surface area contributed by atoms with Gasteiger partial charge >= 0.3 is 0 Å². The van der Waals surface area contributed by atoms with Gasteiger partial charge in [0.1, 0.15) is 0 Å². The van der Waals surface area contributed by atoms with Crippen LogP contribution in [0.1, 0.15) is 13.3 Å². The molecule has 1 aliphatic rings. The van der Waals surface area contributed by atoms with Crippen molar-refractivity contribution in [2.75, 3.05) is 29.1 Å². The third-order valence-corrected chi connectivity index (χ3v) is 5.36. The van der Waals surface area contributed by atoms with Crippen LogP contribution in [0, 0.1) is 0 Å². The van der Waals surface area contributed by atoms with Crippen molar-refractivity contribution in [2.45, 2.75) is 25.1 Å². The first-order chi connectivity index (χ1) is 7.90.